The molecule has 0 saturated carbocycles. The first kappa shape index (κ1) is 9.36. The number of fused-ring (bicyclic) bond motifs is 2. The molecule has 1 aliphatic carbocycles. The summed E-state index contributed by atoms with van der Waals surface area (Å²) in [7, 11) is 0. The second-order valence-electron chi connectivity index (χ2n) is 4.70. The number of aromatic amines is 1. The van der Waals surface area contributed by atoms with Crippen LogP contribution in [0.1, 0.15) is 23.6 Å². The third-order valence-corrected chi connectivity index (χ3v) is 3.69. The normalized spacial score (nSPS) is 21.8. The lowest BCUT2D eigenvalue weighted by molar-refractivity contribution is 0.169. The number of rotatable bonds is 0. The minimum Gasteiger partial charge on any atom is -0.486 e. The van der Waals surface area contributed by atoms with Crippen molar-refractivity contribution < 1.29 is 9.47 Å². The zero-order chi connectivity index (χ0) is 11.4. The van der Waals surface area contributed by atoms with Gasteiger partial charge in [0.15, 0.2) is 11.5 Å². The van der Waals surface area contributed by atoms with E-state index in [1.807, 2.05) is 6.07 Å². The van der Waals surface area contributed by atoms with Crippen LogP contribution in [0.5, 0.6) is 11.5 Å². The fourth-order valence-electron chi connectivity index (χ4n) is 2.91. The maximum absolute atomic E-state index is 6.24. The molecule has 1 aliphatic heterocycles. The second kappa shape index (κ2) is 3.17. The van der Waals surface area contributed by atoms with Crippen LogP contribution in [0, 0.1) is 0 Å². The number of hydrogen-bond acceptors (Lipinski definition) is 3. The van der Waals surface area contributed by atoms with Gasteiger partial charge < -0.3 is 20.2 Å². The van der Waals surface area contributed by atoms with E-state index in [0.29, 0.717) is 13.2 Å². The topological polar surface area (TPSA) is 60.3 Å². The molecule has 0 saturated heterocycles. The molecule has 0 fully saturated rings. The lowest BCUT2D eigenvalue weighted by Gasteiger charge is -2.27. The molecule has 0 bridgehead atoms. The number of benzene rings is 1. The van der Waals surface area contributed by atoms with Gasteiger partial charge in [-0.15, -0.1) is 0 Å². The SMILES string of the molecule is NC1CCc2c[nH]c3cc4c(c1c23)OCCO4. The van der Waals surface area contributed by atoms with E-state index in [-0.39, 0.29) is 6.04 Å². The summed E-state index contributed by atoms with van der Waals surface area (Å²) in [5.41, 5.74) is 9.81. The highest BCUT2D eigenvalue weighted by Gasteiger charge is 2.28. The van der Waals surface area contributed by atoms with Crippen molar-refractivity contribution in [1.82, 2.24) is 4.98 Å². The van der Waals surface area contributed by atoms with Gasteiger partial charge in [-0.1, -0.05) is 0 Å². The van der Waals surface area contributed by atoms with Gasteiger partial charge in [-0.3, -0.25) is 0 Å². The molecule has 0 spiro atoms. The van der Waals surface area contributed by atoms with Crippen LogP contribution < -0.4 is 15.2 Å². The Labute approximate surface area is 98.7 Å². The summed E-state index contributed by atoms with van der Waals surface area (Å²) in [6.07, 6.45) is 4.08. The van der Waals surface area contributed by atoms with Crippen LogP contribution >= 0.6 is 0 Å². The third-order valence-electron chi connectivity index (χ3n) is 3.69. The van der Waals surface area contributed by atoms with Crippen molar-refractivity contribution >= 4 is 10.9 Å². The summed E-state index contributed by atoms with van der Waals surface area (Å²) in [5, 5.41) is 1.24. The maximum Gasteiger partial charge on any atom is 0.166 e. The fraction of sp³-hybridized carbons (Fsp3) is 0.385. The molecule has 17 heavy (non-hydrogen) atoms. The molecule has 88 valence electrons. The Kier molecular flexibility index (Phi) is 1.74. The summed E-state index contributed by atoms with van der Waals surface area (Å²) >= 11 is 0. The van der Waals surface area contributed by atoms with E-state index >= 15 is 0 Å². The van der Waals surface area contributed by atoms with Crippen molar-refractivity contribution in [2.45, 2.75) is 18.9 Å². The summed E-state index contributed by atoms with van der Waals surface area (Å²) in [5.74, 6) is 1.68. The van der Waals surface area contributed by atoms with Crippen molar-refractivity contribution in [3.8, 4) is 11.5 Å². The van der Waals surface area contributed by atoms with Crippen LogP contribution in [0.4, 0.5) is 0 Å². The zero-order valence-corrected chi connectivity index (χ0v) is 9.45. The van der Waals surface area contributed by atoms with E-state index in [4.69, 9.17) is 15.2 Å². The van der Waals surface area contributed by atoms with Gasteiger partial charge in [0.05, 0.1) is 0 Å². The smallest absolute Gasteiger partial charge is 0.166 e. The van der Waals surface area contributed by atoms with Gasteiger partial charge >= 0.3 is 0 Å². The lowest BCUT2D eigenvalue weighted by atomic mass is 9.88. The minimum absolute atomic E-state index is 0.0532. The predicted octanol–water partition coefficient (Wildman–Crippen LogP) is 1.89. The molecule has 4 heteroatoms. The first-order valence-corrected chi connectivity index (χ1v) is 6.02. The highest BCUT2D eigenvalue weighted by Crippen LogP contribution is 2.46. The van der Waals surface area contributed by atoms with Gasteiger partial charge in [0, 0.05) is 34.8 Å². The molecule has 2 aromatic rings. The summed E-state index contributed by atoms with van der Waals surface area (Å²) in [4.78, 5) is 3.30. The van der Waals surface area contributed by atoms with E-state index < -0.39 is 0 Å². The standard InChI is InChI=1S/C13H14N2O2/c14-8-2-1-7-6-15-9-5-10-13(12(8)11(7)9)17-4-3-16-10/h5-6,8,15H,1-4,14H2. The van der Waals surface area contributed by atoms with Crippen LogP contribution in [0.2, 0.25) is 0 Å². The lowest BCUT2D eigenvalue weighted by Crippen LogP contribution is -2.21. The van der Waals surface area contributed by atoms with Crippen molar-refractivity contribution in [2.24, 2.45) is 5.73 Å². The van der Waals surface area contributed by atoms with E-state index in [1.54, 1.807) is 0 Å². The van der Waals surface area contributed by atoms with Crippen molar-refractivity contribution in [3.63, 3.8) is 0 Å². The van der Waals surface area contributed by atoms with Crippen LogP contribution in [0.25, 0.3) is 10.9 Å². The monoisotopic (exact) mass is 230 g/mol. The first-order valence-electron chi connectivity index (χ1n) is 6.02. The van der Waals surface area contributed by atoms with Crippen molar-refractivity contribution in [3.05, 3.63) is 23.4 Å². The number of H-pyrrole nitrogens is 1. The Morgan fingerprint density at radius 1 is 1.29 bits per heavy atom. The number of nitrogens with two attached hydrogens (primary N) is 1. The zero-order valence-electron chi connectivity index (χ0n) is 9.45. The largest absolute Gasteiger partial charge is 0.486 e. The van der Waals surface area contributed by atoms with Gasteiger partial charge in [0.1, 0.15) is 13.2 Å². The molecule has 1 unspecified atom stereocenters. The van der Waals surface area contributed by atoms with E-state index in [0.717, 1.165) is 35.4 Å². The molecule has 3 N–H and O–H groups in total. The Morgan fingerprint density at radius 2 is 2.18 bits per heavy atom. The van der Waals surface area contributed by atoms with Crippen LogP contribution in [0.15, 0.2) is 12.3 Å². The van der Waals surface area contributed by atoms with Gasteiger partial charge in [-0.25, -0.2) is 0 Å². The van der Waals surface area contributed by atoms with E-state index in [1.165, 1.54) is 10.9 Å². The average molecular weight is 230 g/mol. The number of aromatic nitrogens is 1. The molecule has 0 amide bonds. The highest BCUT2D eigenvalue weighted by molar-refractivity contribution is 5.92. The predicted molar refractivity (Wildman–Crippen MR) is 64.5 cm³/mol. The number of nitrogens with one attached hydrogen (secondary N) is 1. The number of aryl methyl sites for hydroxylation is 1. The fourth-order valence-corrected chi connectivity index (χ4v) is 2.91. The number of ether oxygens (including phenoxy) is 2. The Balaban J connectivity index is 2.12. The van der Waals surface area contributed by atoms with Crippen molar-refractivity contribution in [2.75, 3.05) is 13.2 Å². The Hall–Kier alpha value is -1.68. The summed E-state index contributed by atoms with van der Waals surface area (Å²) in [6, 6.07) is 2.08. The van der Waals surface area contributed by atoms with Gasteiger partial charge in [0.2, 0.25) is 0 Å². The van der Waals surface area contributed by atoms with Gasteiger partial charge in [-0.05, 0) is 18.4 Å². The van der Waals surface area contributed by atoms with E-state index in [2.05, 4.69) is 11.2 Å². The van der Waals surface area contributed by atoms with Gasteiger partial charge in [-0.2, -0.15) is 0 Å². The molecule has 4 rings (SSSR count). The minimum atomic E-state index is 0.0532. The first-order chi connectivity index (χ1) is 8.34. The molecule has 1 aromatic carbocycles. The quantitative estimate of drug-likeness (QED) is 0.726. The third kappa shape index (κ3) is 1.16. The molecule has 1 aromatic heterocycles. The molecule has 2 aliphatic rings. The molecule has 4 nitrogen and oxygen atoms in total. The molecule has 2 heterocycles. The Morgan fingerprint density at radius 3 is 3.12 bits per heavy atom. The van der Waals surface area contributed by atoms with E-state index in [9.17, 15) is 0 Å². The van der Waals surface area contributed by atoms with Crippen LogP contribution in [-0.2, 0) is 6.42 Å². The summed E-state index contributed by atoms with van der Waals surface area (Å²) in [6.45, 7) is 1.22. The summed E-state index contributed by atoms with van der Waals surface area (Å²) < 4.78 is 11.4. The van der Waals surface area contributed by atoms with Gasteiger partial charge in [0.25, 0.3) is 0 Å². The highest BCUT2D eigenvalue weighted by atomic mass is 16.6. The molecular formula is C13H14N2O2. The van der Waals surface area contributed by atoms with Crippen LogP contribution in [-0.4, -0.2) is 18.2 Å². The van der Waals surface area contributed by atoms with Crippen LogP contribution in [0.3, 0.4) is 0 Å². The molecule has 0 radical (unpaired) electrons. The molecule has 1 atom stereocenters. The maximum atomic E-state index is 6.24. The Bertz CT molecular complexity index is 603. The number of hydrogen-bond donors (Lipinski definition) is 2. The molecular weight excluding hydrogens is 216 g/mol. The van der Waals surface area contributed by atoms with Crippen molar-refractivity contribution in [1.29, 1.82) is 0 Å². The average Bonchev–Trinajstić information content (AvgIpc) is 2.76. The second-order valence-corrected chi connectivity index (χ2v) is 4.70.